The van der Waals surface area contributed by atoms with E-state index < -0.39 is 6.09 Å². The third-order valence-corrected chi connectivity index (χ3v) is 2.95. The highest BCUT2D eigenvalue weighted by atomic mass is 32.2. The fourth-order valence-electron chi connectivity index (χ4n) is 1.31. The molecule has 2 rings (SSSR count). The molecule has 0 fully saturated rings. The molecule has 3 nitrogen and oxygen atoms in total. The van der Waals surface area contributed by atoms with E-state index in [1.807, 2.05) is 35.7 Å². The number of nitrogens with zero attached hydrogens (tertiary/aromatic N) is 1. The summed E-state index contributed by atoms with van der Waals surface area (Å²) in [6.07, 6.45) is -0.522. The van der Waals surface area contributed by atoms with Gasteiger partial charge in [-0.15, -0.1) is 0 Å². The van der Waals surface area contributed by atoms with E-state index in [4.69, 9.17) is 4.74 Å². The molecule has 1 aromatic carbocycles. The van der Waals surface area contributed by atoms with Crippen LogP contribution in [0.15, 0.2) is 40.7 Å². The highest BCUT2D eigenvalue weighted by molar-refractivity contribution is 8.20. The Bertz CT molecular complexity index is 451. The van der Waals surface area contributed by atoms with Gasteiger partial charge in [0.15, 0.2) is 0 Å². The Morgan fingerprint density at radius 3 is 2.69 bits per heavy atom. The number of carbonyl (C=O) groups is 1. The third kappa shape index (κ3) is 2.33. The minimum atomic E-state index is -0.522. The van der Waals surface area contributed by atoms with E-state index in [1.165, 1.54) is 11.8 Å². The van der Waals surface area contributed by atoms with Crippen LogP contribution in [-0.4, -0.2) is 17.7 Å². The van der Waals surface area contributed by atoms with Crippen LogP contribution in [0.25, 0.3) is 5.57 Å². The van der Waals surface area contributed by atoms with Gasteiger partial charge in [0.2, 0.25) is 0 Å². The van der Waals surface area contributed by atoms with Gasteiger partial charge in [-0.05, 0) is 17.9 Å². The fourth-order valence-corrected chi connectivity index (χ4v) is 2.03. The first-order valence-electron chi connectivity index (χ1n) is 4.99. The van der Waals surface area contributed by atoms with E-state index in [2.05, 4.69) is 4.99 Å². The van der Waals surface area contributed by atoms with Gasteiger partial charge >= 0.3 is 6.09 Å². The second-order valence-electron chi connectivity index (χ2n) is 3.13. The summed E-state index contributed by atoms with van der Waals surface area (Å²) in [5.41, 5.74) is 2.07. The summed E-state index contributed by atoms with van der Waals surface area (Å²) in [5.74, 6) is 0. The smallest absolute Gasteiger partial charge is 0.434 e. The number of hydrogen-bond donors (Lipinski definition) is 0. The van der Waals surface area contributed by atoms with Crippen molar-refractivity contribution < 1.29 is 9.53 Å². The predicted molar refractivity (Wildman–Crippen MR) is 66.5 cm³/mol. The minimum absolute atomic E-state index is 0.352. The number of carbonyl (C=O) groups excluding carboxylic acids is 1. The molecular formula is C12H11NO2S. The lowest BCUT2D eigenvalue weighted by Gasteiger charge is -2.16. The SMILES string of the molecule is CCOC(=O)N=C1SC=C1c1ccccc1. The van der Waals surface area contributed by atoms with Crippen LogP contribution < -0.4 is 0 Å². The molecule has 0 saturated carbocycles. The van der Waals surface area contributed by atoms with Crippen molar-refractivity contribution in [2.75, 3.05) is 6.61 Å². The molecule has 0 unspecified atom stereocenters. The molecule has 16 heavy (non-hydrogen) atoms. The highest BCUT2D eigenvalue weighted by Gasteiger charge is 2.19. The first-order chi connectivity index (χ1) is 7.81. The average molecular weight is 233 g/mol. The van der Waals surface area contributed by atoms with Gasteiger partial charge in [0.1, 0.15) is 5.04 Å². The largest absolute Gasteiger partial charge is 0.448 e. The maximum atomic E-state index is 11.2. The maximum absolute atomic E-state index is 11.2. The molecule has 1 heterocycles. The van der Waals surface area contributed by atoms with Gasteiger partial charge in [-0.1, -0.05) is 42.1 Å². The van der Waals surface area contributed by atoms with Crippen LogP contribution in [0.5, 0.6) is 0 Å². The Labute approximate surface area is 98.2 Å². The van der Waals surface area contributed by atoms with E-state index in [-0.39, 0.29) is 0 Å². The van der Waals surface area contributed by atoms with Crippen molar-refractivity contribution in [1.82, 2.24) is 0 Å². The Hall–Kier alpha value is -1.55. The topological polar surface area (TPSA) is 38.7 Å². The van der Waals surface area contributed by atoms with Crippen LogP contribution in [0.2, 0.25) is 0 Å². The quantitative estimate of drug-likeness (QED) is 0.786. The predicted octanol–water partition coefficient (Wildman–Crippen LogP) is 3.33. The number of benzene rings is 1. The molecule has 0 bridgehead atoms. The van der Waals surface area contributed by atoms with E-state index in [9.17, 15) is 4.79 Å². The zero-order chi connectivity index (χ0) is 11.4. The molecule has 0 radical (unpaired) electrons. The summed E-state index contributed by atoms with van der Waals surface area (Å²) in [6.45, 7) is 2.12. The highest BCUT2D eigenvalue weighted by Crippen LogP contribution is 2.34. The molecule has 1 amide bonds. The lowest BCUT2D eigenvalue weighted by atomic mass is 10.1. The molecule has 0 atom stereocenters. The van der Waals surface area contributed by atoms with E-state index in [0.29, 0.717) is 6.61 Å². The van der Waals surface area contributed by atoms with Crippen molar-refractivity contribution in [3.05, 3.63) is 41.3 Å². The first kappa shape index (κ1) is 11.0. The lowest BCUT2D eigenvalue weighted by molar-refractivity contribution is 0.163. The molecule has 0 saturated heterocycles. The number of aliphatic imine (C=N–C) groups is 1. The maximum Gasteiger partial charge on any atom is 0.434 e. The molecule has 1 aliphatic rings. The summed E-state index contributed by atoms with van der Waals surface area (Å²) < 4.78 is 4.77. The van der Waals surface area contributed by atoms with Gasteiger partial charge in [-0.3, -0.25) is 0 Å². The van der Waals surface area contributed by atoms with Crippen molar-refractivity contribution in [2.24, 2.45) is 4.99 Å². The number of ether oxygens (including phenoxy) is 1. The Balaban J connectivity index is 2.13. The number of rotatable bonds is 2. The lowest BCUT2D eigenvalue weighted by Crippen LogP contribution is -2.08. The van der Waals surface area contributed by atoms with Gasteiger partial charge in [0.25, 0.3) is 0 Å². The number of hydrogen-bond acceptors (Lipinski definition) is 3. The fraction of sp³-hybridized carbons (Fsp3) is 0.167. The van der Waals surface area contributed by atoms with E-state index in [1.54, 1.807) is 6.92 Å². The molecule has 4 heteroatoms. The molecule has 0 spiro atoms. The normalized spacial score (nSPS) is 16.6. The second kappa shape index (κ2) is 4.99. The summed E-state index contributed by atoms with van der Waals surface area (Å²) in [5, 5.41) is 2.71. The summed E-state index contributed by atoms with van der Waals surface area (Å²) >= 11 is 1.45. The zero-order valence-corrected chi connectivity index (χ0v) is 9.66. The van der Waals surface area contributed by atoms with Crippen LogP contribution in [0, 0.1) is 0 Å². The molecule has 1 aliphatic heterocycles. The molecular weight excluding hydrogens is 222 g/mol. The second-order valence-corrected chi connectivity index (χ2v) is 3.99. The van der Waals surface area contributed by atoms with Gasteiger partial charge < -0.3 is 4.74 Å². The minimum Gasteiger partial charge on any atom is -0.448 e. The standard InChI is InChI=1S/C12H11NO2S/c1-2-15-12(14)13-11-10(8-16-11)9-6-4-3-5-7-9/h3-8H,2H2,1H3. The number of thioether (sulfide) groups is 1. The van der Waals surface area contributed by atoms with E-state index in [0.717, 1.165) is 16.2 Å². The Morgan fingerprint density at radius 1 is 1.38 bits per heavy atom. The van der Waals surface area contributed by atoms with Gasteiger partial charge in [0, 0.05) is 5.57 Å². The molecule has 0 aromatic heterocycles. The monoisotopic (exact) mass is 233 g/mol. The van der Waals surface area contributed by atoms with Crippen LogP contribution >= 0.6 is 11.8 Å². The van der Waals surface area contributed by atoms with Gasteiger partial charge in [-0.2, -0.15) is 4.99 Å². The van der Waals surface area contributed by atoms with Crippen molar-refractivity contribution in [3.8, 4) is 0 Å². The van der Waals surface area contributed by atoms with Gasteiger partial charge in [-0.25, -0.2) is 4.79 Å². The molecule has 82 valence electrons. The summed E-state index contributed by atoms with van der Waals surface area (Å²) in [7, 11) is 0. The van der Waals surface area contributed by atoms with Gasteiger partial charge in [0.05, 0.1) is 6.61 Å². The third-order valence-electron chi connectivity index (χ3n) is 2.06. The summed E-state index contributed by atoms with van der Waals surface area (Å²) in [6, 6.07) is 9.86. The molecule has 0 N–H and O–H groups in total. The molecule has 0 aliphatic carbocycles. The van der Waals surface area contributed by atoms with Crippen LogP contribution in [0.4, 0.5) is 4.79 Å². The Morgan fingerprint density at radius 2 is 2.12 bits per heavy atom. The van der Waals surface area contributed by atoms with Crippen molar-refractivity contribution in [1.29, 1.82) is 0 Å². The number of amides is 1. The van der Waals surface area contributed by atoms with Crippen molar-refractivity contribution >= 4 is 28.5 Å². The van der Waals surface area contributed by atoms with Crippen LogP contribution in [0.3, 0.4) is 0 Å². The van der Waals surface area contributed by atoms with Crippen LogP contribution in [-0.2, 0) is 4.74 Å². The Kier molecular flexibility index (Phi) is 3.41. The molecule has 1 aromatic rings. The summed E-state index contributed by atoms with van der Waals surface area (Å²) in [4.78, 5) is 15.1. The van der Waals surface area contributed by atoms with Crippen molar-refractivity contribution in [2.45, 2.75) is 6.92 Å². The van der Waals surface area contributed by atoms with E-state index >= 15 is 0 Å². The average Bonchev–Trinajstić information content (AvgIpc) is 2.26. The zero-order valence-electron chi connectivity index (χ0n) is 8.84. The van der Waals surface area contributed by atoms with Crippen molar-refractivity contribution in [3.63, 3.8) is 0 Å². The first-order valence-corrected chi connectivity index (χ1v) is 5.87. The van der Waals surface area contributed by atoms with Crippen LogP contribution in [0.1, 0.15) is 12.5 Å².